The minimum Gasteiger partial charge on any atom is -0.480 e. The van der Waals surface area contributed by atoms with Crippen molar-refractivity contribution < 1.29 is 22.3 Å². The van der Waals surface area contributed by atoms with Gasteiger partial charge in [-0.05, 0) is 79.3 Å². The largest absolute Gasteiger partial charge is 0.480 e. The lowest BCUT2D eigenvalue weighted by molar-refractivity contribution is -0.141. The number of amides is 1. The SMILES string of the molecule is CCC1Oc2ccc(NS(=O)(=O)c3ccc(F)cc3)cc2CN(C2CCCc3ccccc32)C1=O. The first kappa shape index (κ1) is 23.4. The number of halogens is 1. The van der Waals surface area contributed by atoms with Gasteiger partial charge in [-0.25, -0.2) is 12.8 Å². The molecule has 1 aliphatic carbocycles. The summed E-state index contributed by atoms with van der Waals surface area (Å²) < 4.78 is 47.5. The molecule has 1 N–H and O–H groups in total. The van der Waals surface area contributed by atoms with Crippen molar-refractivity contribution in [2.75, 3.05) is 4.72 Å². The number of carbonyl (C=O) groups is 1. The molecule has 3 aromatic carbocycles. The minimum absolute atomic E-state index is 0.0354. The van der Waals surface area contributed by atoms with E-state index in [1.807, 2.05) is 24.0 Å². The van der Waals surface area contributed by atoms with Gasteiger partial charge in [0.05, 0.1) is 17.5 Å². The highest BCUT2D eigenvalue weighted by Gasteiger charge is 2.36. The van der Waals surface area contributed by atoms with E-state index < -0.39 is 21.9 Å². The number of benzene rings is 3. The van der Waals surface area contributed by atoms with Crippen molar-refractivity contribution in [3.63, 3.8) is 0 Å². The van der Waals surface area contributed by atoms with E-state index in [1.54, 1.807) is 18.2 Å². The third kappa shape index (κ3) is 4.62. The van der Waals surface area contributed by atoms with Crippen molar-refractivity contribution >= 4 is 21.6 Å². The van der Waals surface area contributed by atoms with Gasteiger partial charge in [0.1, 0.15) is 11.6 Å². The molecule has 0 bridgehead atoms. The highest BCUT2D eigenvalue weighted by atomic mass is 32.2. The van der Waals surface area contributed by atoms with Crippen LogP contribution in [0.3, 0.4) is 0 Å². The first-order valence-corrected chi connectivity index (χ1v) is 13.3. The average Bonchev–Trinajstić information content (AvgIpc) is 2.99. The van der Waals surface area contributed by atoms with Gasteiger partial charge in [-0.3, -0.25) is 9.52 Å². The lowest BCUT2D eigenvalue weighted by atomic mass is 9.86. The van der Waals surface area contributed by atoms with Crippen LogP contribution < -0.4 is 9.46 Å². The number of ether oxygens (including phenoxy) is 1. The van der Waals surface area contributed by atoms with Crippen LogP contribution in [-0.2, 0) is 27.8 Å². The summed E-state index contributed by atoms with van der Waals surface area (Å²) in [5.74, 6) is 0.00558. The quantitative estimate of drug-likeness (QED) is 0.529. The zero-order valence-corrected chi connectivity index (χ0v) is 20.2. The van der Waals surface area contributed by atoms with Gasteiger partial charge >= 0.3 is 0 Å². The van der Waals surface area contributed by atoms with E-state index in [0.717, 1.165) is 37.0 Å². The number of sulfonamides is 1. The maximum Gasteiger partial charge on any atom is 0.264 e. The highest BCUT2D eigenvalue weighted by molar-refractivity contribution is 7.92. The van der Waals surface area contributed by atoms with Crippen LogP contribution in [-0.4, -0.2) is 25.3 Å². The molecule has 182 valence electrons. The number of hydrogen-bond acceptors (Lipinski definition) is 4. The van der Waals surface area contributed by atoms with Crippen molar-refractivity contribution in [2.24, 2.45) is 0 Å². The normalized spacial score (nSPS) is 19.8. The summed E-state index contributed by atoms with van der Waals surface area (Å²) in [4.78, 5) is 15.4. The topological polar surface area (TPSA) is 75.7 Å². The molecule has 8 heteroatoms. The second-order valence-corrected chi connectivity index (χ2v) is 10.7. The van der Waals surface area contributed by atoms with E-state index in [2.05, 4.69) is 16.9 Å². The summed E-state index contributed by atoms with van der Waals surface area (Å²) in [6.45, 7) is 2.24. The van der Waals surface area contributed by atoms with E-state index >= 15 is 0 Å². The molecular weight excluding hydrogens is 467 g/mol. The Morgan fingerprint density at radius 2 is 1.83 bits per heavy atom. The fraction of sp³-hybridized carbons (Fsp3) is 0.296. The number of carbonyl (C=O) groups excluding carboxylic acids is 1. The number of hydrogen-bond donors (Lipinski definition) is 1. The first-order chi connectivity index (χ1) is 16.9. The van der Waals surface area contributed by atoms with Gasteiger partial charge < -0.3 is 9.64 Å². The zero-order chi connectivity index (χ0) is 24.6. The first-order valence-electron chi connectivity index (χ1n) is 11.8. The highest BCUT2D eigenvalue weighted by Crippen LogP contribution is 2.39. The van der Waals surface area contributed by atoms with E-state index in [4.69, 9.17) is 4.74 Å². The predicted octanol–water partition coefficient (Wildman–Crippen LogP) is 5.20. The van der Waals surface area contributed by atoms with Crippen LogP contribution in [0.25, 0.3) is 0 Å². The van der Waals surface area contributed by atoms with Crippen LogP contribution in [0.2, 0.25) is 0 Å². The van der Waals surface area contributed by atoms with Crippen LogP contribution in [0.4, 0.5) is 10.1 Å². The van der Waals surface area contributed by atoms with Crippen LogP contribution in [0.5, 0.6) is 5.75 Å². The molecule has 0 saturated carbocycles. The van der Waals surface area contributed by atoms with Gasteiger partial charge in [-0.15, -0.1) is 0 Å². The fourth-order valence-corrected chi connectivity index (χ4v) is 5.98. The zero-order valence-electron chi connectivity index (χ0n) is 19.4. The molecule has 1 heterocycles. The number of fused-ring (bicyclic) bond motifs is 2. The van der Waals surface area contributed by atoms with Crippen molar-refractivity contribution in [2.45, 2.75) is 56.2 Å². The molecule has 0 fully saturated rings. The smallest absolute Gasteiger partial charge is 0.264 e. The van der Waals surface area contributed by atoms with Crippen LogP contribution in [0.15, 0.2) is 71.6 Å². The number of nitrogens with zero attached hydrogens (tertiary/aromatic N) is 1. The number of rotatable bonds is 5. The van der Waals surface area contributed by atoms with E-state index in [1.165, 1.54) is 23.3 Å². The Bertz CT molecular complexity index is 1360. The van der Waals surface area contributed by atoms with Gasteiger partial charge in [0.25, 0.3) is 15.9 Å². The Morgan fingerprint density at radius 1 is 1.06 bits per heavy atom. The minimum atomic E-state index is -3.90. The Kier molecular flexibility index (Phi) is 6.23. The molecule has 3 aromatic rings. The second kappa shape index (κ2) is 9.34. The Balaban J connectivity index is 1.48. The Morgan fingerprint density at radius 3 is 2.60 bits per heavy atom. The van der Waals surface area contributed by atoms with Gasteiger partial charge in [0.2, 0.25) is 0 Å². The predicted molar refractivity (Wildman–Crippen MR) is 131 cm³/mol. The van der Waals surface area contributed by atoms with Crippen LogP contribution in [0, 0.1) is 5.82 Å². The summed E-state index contributed by atoms with van der Waals surface area (Å²) >= 11 is 0. The molecule has 2 unspecified atom stereocenters. The van der Waals surface area contributed by atoms with Crippen molar-refractivity contribution in [3.05, 3.63) is 89.2 Å². The van der Waals surface area contributed by atoms with Gasteiger partial charge in [-0.1, -0.05) is 31.2 Å². The third-order valence-electron chi connectivity index (χ3n) is 6.69. The molecule has 5 rings (SSSR count). The summed E-state index contributed by atoms with van der Waals surface area (Å²) in [7, 11) is -3.90. The molecule has 1 aliphatic heterocycles. The van der Waals surface area contributed by atoms with Gasteiger partial charge in [0.15, 0.2) is 6.10 Å². The number of anilines is 1. The lowest BCUT2D eigenvalue weighted by Gasteiger charge is -2.36. The molecule has 6 nitrogen and oxygen atoms in total. The Labute approximate surface area is 204 Å². The number of nitrogens with one attached hydrogen (secondary N) is 1. The molecular formula is C27H27FN2O4S. The van der Waals surface area contributed by atoms with Crippen molar-refractivity contribution in [3.8, 4) is 5.75 Å². The molecule has 0 radical (unpaired) electrons. The summed E-state index contributed by atoms with van der Waals surface area (Å²) in [5, 5.41) is 0. The summed E-state index contributed by atoms with van der Waals surface area (Å²) in [6, 6.07) is 17.9. The summed E-state index contributed by atoms with van der Waals surface area (Å²) in [6.07, 6.45) is 2.78. The fourth-order valence-electron chi connectivity index (χ4n) is 4.93. The van der Waals surface area contributed by atoms with Crippen molar-refractivity contribution in [1.29, 1.82) is 0 Å². The average molecular weight is 495 g/mol. The molecule has 0 aromatic heterocycles. The van der Waals surface area contributed by atoms with E-state index in [-0.39, 0.29) is 16.8 Å². The molecule has 2 aliphatic rings. The monoisotopic (exact) mass is 494 g/mol. The third-order valence-corrected chi connectivity index (χ3v) is 8.09. The molecule has 35 heavy (non-hydrogen) atoms. The standard InChI is InChI=1S/C27H27FN2O4S/c1-2-25-27(31)30(24-9-5-7-18-6-3-4-8-23(18)24)17-19-16-21(12-15-26(19)34-25)29-35(32,33)22-13-10-20(28)11-14-22/h3-4,6,8,10-16,24-25,29H,2,5,7,9,17H2,1H3. The maximum absolute atomic E-state index is 13.5. The maximum atomic E-state index is 13.5. The lowest BCUT2D eigenvalue weighted by Crippen LogP contribution is -2.42. The van der Waals surface area contributed by atoms with E-state index in [0.29, 0.717) is 24.4 Å². The van der Waals surface area contributed by atoms with Gasteiger partial charge in [-0.2, -0.15) is 0 Å². The molecule has 1 amide bonds. The number of aryl methyl sites for hydroxylation is 1. The molecule has 0 saturated heterocycles. The van der Waals surface area contributed by atoms with Crippen LogP contribution in [0.1, 0.15) is 48.9 Å². The summed E-state index contributed by atoms with van der Waals surface area (Å²) in [5.41, 5.74) is 3.51. The van der Waals surface area contributed by atoms with Crippen molar-refractivity contribution in [1.82, 2.24) is 4.90 Å². The molecule has 2 atom stereocenters. The van der Waals surface area contributed by atoms with E-state index in [9.17, 15) is 17.6 Å². The van der Waals surface area contributed by atoms with Crippen LogP contribution >= 0.6 is 0 Å². The molecule has 0 spiro atoms. The Hall–Kier alpha value is -3.39. The van der Waals surface area contributed by atoms with Gasteiger partial charge in [0, 0.05) is 11.3 Å². The second-order valence-electron chi connectivity index (χ2n) is 8.97.